The van der Waals surface area contributed by atoms with Crippen molar-refractivity contribution in [1.29, 1.82) is 0 Å². The molecule has 0 aliphatic carbocycles. The summed E-state index contributed by atoms with van der Waals surface area (Å²) in [6.45, 7) is 5.82. The Morgan fingerprint density at radius 2 is 1.87 bits per heavy atom. The average molecular weight is 323 g/mol. The molecule has 0 bridgehead atoms. The number of carbonyl (C=O) groups excluding carboxylic acids is 1. The molecule has 0 saturated heterocycles. The zero-order chi connectivity index (χ0) is 16.4. The second-order valence-corrected chi connectivity index (χ2v) is 6.42. The van der Waals surface area contributed by atoms with E-state index in [9.17, 15) is 4.79 Å². The van der Waals surface area contributed by atoms with Gasteiger partial charge in [-0.05, 0) is 32.4 Å². The van der Waals surface area contributed by atoms with Crippen molar-refractivity contribution in [1.82, 2.24) is 9.97 Å². The predicted octanol–water partition coefficient (Wildman–Crippen LogP) is 4.38. The number of amides is 1. The highest BCUT2D eigenvalue weighted by atomic mass is 32.1. The molecule has 1 N–H and O–H groups in total. The van der Waals surface area contributed by atoms with Crippen molar-refractivity contribution in [3.63, 3.8) is 0 Å². The van der Waals surface area contributed by atoms with Gasteiger partial charge in [-0.3, -0.25) is 9.78 Å². The molecule has 2 heterocycles. The van der Waals surface area contributed by atoms with Gasteiger partial charge in [0.25, 0.3) is 5.91 Å². The first-order valence-corrected chi connectivity index (χ1v) is 8.13. The smallest absolute Gasteiger partial charge is 0.267 e. The van der Waals surface area contributed by atoms with Crippen molar-refractivity contribution in [2.75, 3.05) is 5.32 Å². The topological polar surface area (TPSA) is 54.9 Å². The summed E-state index contributed by atoms with van der Waals surface area (Å²) in [7, 11) is 0. The lowest BCUT2D eigenvalue weighted by molar-refractivity contribution is 0.103. The van der Waals surface area contributed by atoms with E-state index in [1.807, 2.05) is 57.2 Å². The minimum atomic E-state index is -0.151. The Labute approximate surface area is 139 Å². The van der Waals surface area contributed by atoms with Crippen LogP contribution in [0.5, 0.6) is 0 Å². The molecule has 0 atom stereocenters. The van der Waals surface area contributed by atoms with Crippen LogP contribution in [0.15, 0.2) is 42.6 Å². The zero-order valence-electron chi connectivity index (χ0n) is 13.3. The molecule has 116 valence electrons. The first-order chi connectivity index (χ1) is 11.0. The lowest BCUT2D eigenvalue weighted by atomic mass is 10.1. The van der Waals surface area contributed by atoms with Crippen molar-refractivity contribution in [3.05, 3.63) is 64.4 Å². The SMILES string of the molecule is Cc1cc(C)c(NC(=O)c2cnc(-c3ccccc3)s2)c(C)n1. The number of nitrogens with zero attached hydrogens (tertiary/aromatic N) is 2. The van der Waals surface area contributed by atoms with Gasteiger partial charge >= 0.3 is 0 Å². The van der Waals surface area contributed by atoms with Crippen molar-refractivity contribution in [3.8, 4) is 10.6 Å². The highest BCUT2D eigenvalue weighted by molar-refractivity contribution is 7.17. The second kappa shape index (κ2) is 6.30. The van der Waals surface area contributed by atoms with E-state index < -0.39 is 0 Å². The molecule has 5 heteroatoms. The summed E-state index contributed by atoms with van der Waals surface area (Å²) in [6.07, 6.45) is 1.62. The Balaban J connectivity index is 1.84. The molecular weight excluding hydrogens is 306 g/mol. The maximum atomic E-state index is 12.5. The summed E-state index contributed by atoms with van der Waals surface area (Å²) in [6, 6.07) is 11.8. The standard InChI is InChI=1S/C18H17N3OS/c1-11-9-12(2)20-13(3)16(11)21-17(22)15-10-19-18(23-15)14-7-5-4-6-8-14/h4-10H,1-3H3,(H,21,22). The Hall–Kier alpha value is -2.53. The molecule has 0 aliphatic heterocycles. The van der Waals surface area contributed by atoms with Crippen LogP contribution in [-0.2, 0) is 0 Å². The normalized spacial score (nSPS) is 10.6. The lowest BCUT2D eigenvalue weighted by Crippen LogP contribution is -2.13. The third-order valence-electron chi connectivity index (χ3n) is 3.51. The largest absolute Gasteiger partial charge is 0.319 e. The van der Waals surface area contributed by atoms with E-state index in [1.165, 1.54) is 11.3 Å². The molecule has 23 heavy (non-hydrogen) atoms. The molecule has 3 aromatic rings. The highest BCUT2D eigenvalue weighted by Crippen LogP contribution is 2.26. The molecular formula is C18H17N3OS. The van der Waals surface area contributed by atoms with Crippen LogP contribution in [0.1, 0.15) is 26.6 Å². The van der Waals surface area contributed by atoms with Crippen molar-refractivity contribution < 1.29 is 4.79 Å². The second-order valence-electron chi connectivity index (χ2n) is 5.39. The lowest BCUT2D eigenvalue weighted by Gasteiger charge is -2.11. The summed E-state index contributed by atoms with van der Waals surface area (Å²) in [5.74, 6) is -0.151. The van der Waals surface area contributed by atoms with Crippen LogP contribution in [0.4, 0.5) is 5.69 Å². The van der Waals surface area contributed by atoms with Crippen LogP contribution < -0.4 is 5.32 Å². The van der Waals surface area contributed by atoms with Crippen LogP contribution in [0, 0.1) is 20.8 Å². The number of anilines is 1. The molecule has 0 radical (unpaired) electrons. The number of carbonyl (C=O) groups is 1. The number of thiazole rings is 1. The Bertz CT molecular complexity index is 833. The van der Waals surface area contributed by atoms with Crippen molar-refractivity contribution >= 4 is 22.9 Å². The summed E-state index contributed by atoms with van der Waals surface area (Å²) >= 11 is 1.38. The van der Waals surface area contributed by atoms with Gasteiger partial charge in [0.05, 0.1) is 17.6 Å². The van der Waals surface area contributed by atoms with Gasteiger partial charge in [-0.15, -0.1) is 11.3 Å². The van der Waals surface area contributed by atoms with E-state index >= 15 is 0 Å². The Kier molecular flexibility index (Phi) is 4.21. The quantitative estimate of drug-likeness (QED) is 0.778. The minimum Gasteiger partial charge on any atom is -0.319 e. The van der Waals surface area contributed by atoms with Crippen LogP contribution in [0.25, 0.3) is 10.6 Å². The third kappa shape index (κ3) is 3.29. The molecule has 1 amide bonds. The summed E-state index contributed by atoms with van der Waals surface area (Å²) in [5.41, 5.74) is 4.57. The first-order valence-electron chi connectivity index (χ1n) is 7.32. The van der Waals surface area contributed by atoms with Gasteiger partial charge in [0.2, 0.25) is 0 Å². The Morgan fingerprint density at radius 1 is 1.13 bits per heavy atom. The molecule has 4 nitrogen and oxygen atoms in total. The van der Waals surface area contributed by atoms with E-state index in [-0.39, 0.29) is 5.91 Å². The maximum absolute atomic E-state index is 12.5. The van der Waals surface area contributed by atoms with Gasteiger partial charge in [0, 0.05) is 11.3 Å². The van der Waals surface area contributed by atoms with Gasteiger partial charge in [0.1, 0.15) is 9.88 Å². The third-order valence-corrected chi connectivity index (χ3v) is 4.56. The fourth-order valence-electron chi connectivity index (χ4n) is 2.48. The molecule has 0 saturated carbocycles. The fourth-order valence-corrected chi connectivity index (χ4v) is 3.30. The molecule has 2 aromatic heterocycles. The number of hydrogen-bond acceptors (Lipinski definition) is 4. The number of rotatable bonds is 3. The Morgan fingerprint density at radius 3 is 2.57 bits per heavy atom. The molecule has 0 unspecified atom stereocenters. The molecule has 1 aromatic carbocycles. The van der Waals surface area contributed by atoms with Crippen LogP contribution in [0.2, 0.25) is 0 Å². The van der Waals surface area contributed by atoms with E-state index in [0.717, 1.165) is 33.2 Å². The number of aryl methyl sites for hydroxylation is 3. The first kappa shape index (κ1) is 15.4. The van der Waals surface area contributed by atoms with Crippen LogP contribution in [-0.4, -0.2) is 15.9 Å². The molecule has 3 rings (SSSR count). The number of nitrogens with one attached hydrogen (secondary N) is 1. The van der Waals surface area contributed by atoms with E-state index in [2.05, 4.69) is 15.3 Å². The highest BCUT2D eigenvalue weighted by Gasteiger charge is 2.14. The van der Waals surface area contributed by atoms with Gasteiger partial charge in [0.15, 0.2) is 0 Å². The van der Waals surface area contributed by atoms with E-state index in [1.54, 1.807) is 6.20 Å². The average Bonchev–Trinajstić information content (AvgIpc) is 3.01. The zero-order valence-corrected chi connectivity index (χ0v) is 14.1. The maximum Gasteiger partial charge on any atom is 0.267 e. The summed E-state index contributed by atoms with van der Waals surface area (Å²) in [5, 5.41) is 3.79. The van der Waals surface area contributed by atoms with E-state index in [4.69, 9.17) is 0 Å². The van der Waals surface area contributed by atoms with Gasteiger partial charge in [-0.2, -0.15) is 0 Å². The summed E-state index contributed by atoms with van der Waals surface area (Å²) < 4.78 is 0. The number of benzene rings is 1. The number of aromatic nitrogens is 2. The molecule has 0 aliphatic rings. The molecule has 0 spiro atoms. The van der Waals surface area contributed by atoms with Gasteiger partial charge < -0.3 is 5.32 Å². The van der Waals surface area contributed by atoms with Gasteiger partial charge in [-0.25, -0.2) is 4.98 Å². The molecule has 0 fully saturated rings. The van der Waals surface area contributed by atoms with Crippen LogP contribution in [0.3, 0.4) is 0 Å². The number of hydrogen-bond donors (Lipinski definition) is 1. The number of pyridine rings is 1. The van der Waals surface area contributed by atoms with Crippen molar-refractivity contribution in [2.45, 2.75) is 20.8 Å². The van der Waals surface area contributed by atoms with Crippen LogP contribution >= 0.6 is 11.3 Å². The summed E-state index contributed by atoms with van der Waals surface area (Å²) in [4.78, 5) is 21.8. The van der Waals surface area contributed by atoms with Crippen molar-refractivity contribution in [2.24, 2.45) is 0 Å². The van der Waals surface area contributed by atoms with E-state index in [0.29, 0.717) is 4.88 Å². The minimum absolute atomic E-state index is 0.151. The monoisotopic (exact) mass is 323 g/mol. The predicted molar refractivity (Wildman–Crippen MR) is 94.0 cm³/mol. The van der Waals surface area contributed by atoms with Gasteiger partial charge in [-0.1, -0.05) is 30.3 Å². The fraction of sp³-hybridized carbons (Fsp3) is 0.167.